The molecule has 23 heavy (non-hydrogen) atoms. The molecule has 0 atom stereocenters. The van der Waals surface area contributed by atoms with Crippen molar-refractivity contribution in [2.75, 3.05) is 12.4 Å². The van der Waals surface area contributed by atoms with Crippen LogP contribution in [0.15, 0.2) is 30.5 Å². The Hall–Kier alpha value is -2.34. The molecule has 6 heteroatoms. The average Bonchev–Trinajstić information content (AvgIpc) is 3.25. The predicted molar refractivity (Wildman–Crippen MR) is 86.6 cm³/mol. The van der Waals surface area contributed by atoms with Gasteiger partial charge in [0.15, 0.2) is 5.69 Å². The maximum atomic E-state index is 12.3. The van der Waals surface area contributed by atoms with Crippen molar-refractivity contribution in [2.24, 2.45) is 0 Å². The van der Waals surface area contributed by atoms with Crippen LogP contribution in [-0.2, 0) is 6.61 Å². The van der Waals surface area contributed by atoms with Crippen LogP contribution in [0.25, 0.3) is 0 Å². The Morgan fingerprint density at radius 3 is 2.87 bits per heavy atom. The van der Waals surface area contributed by atoms with Gasteiger partial charge in [-0.3, -0.25) is 9.48 Å². The minimum Gasteiger partial charge on any atom is -0.496 e. The van der Waals surface area contributed by atoms with E-state index >= 15 is 0 Å². The first-order chi connectivity index (χ1) is 11.2. The van der Waals surface area contributed by atoms with Crippen LogP contribution >= 0.6 is 0 Å². The lowest BCUT2D eigenvalue weighted by Crippen LogP contribution is -2.14. The first-order valence-corrected chi connectivity index (χ1v) is 7.85. The smallest absolute Gasteiger partial charge is 0.276 e. The number of carbonyl (C=O) groups excluding carboxylic acids is 1. The SMILES string of the molecule is COc1ccc(NC(=O)c2ccn(C3CCCC3)n2)cc1CO. The third-order valence-electron chi connectivity index (χ3n) is 4.25. The van der Waals surface area contributed by atoms with Crippen LogP contribution in [0.5, 0.6) is 5.75 Å². The van der Waals surface area contributed by atoms with E-state index in [1.165, 1.54) is 12.8 Å². The number of anilines is 1. The quantitative estimate of drug-likeness (QED) is 0.889. The van der Waals surface area contributed by atoms with Crippen molar-refractivity contribution >= 4 is 11.6 Å². The molecule has 0 spiro atoms. The fourth-order valence-electron chi connectivity index (χ4n) is 3.01. The summed E-state index contributed by atoms with van der Waals surface area (Å²) in [5.74, 6) is 0.340. The zero-order valence-corrected chi connectivity index (χ0v) is 13.2. The van der Waals surface area contributed by atoms with Crippen LogP contribution in [0.2, 0.25) is 0 Å². The molecule has 0 unspecified atom stereocenters. The summed E-state index contributed by atoms with van der Waals surface area (Å²) in [4.78, 5) is 12.3. The maximum Gasteiger partial charge on any atom is 0.276 e. The molecule has 122 valence electrons. The largest absolute Gasteiger partial charge is 0.496 e. The van der Waals surface area contributed by atoms with Crippen molar-refractivity contribution in [3.05, 3.63) is 41.7 Å². The minimum atomic E-state index is -0.254. The summed E-state index contributed by atoms with van der Waals surface area (Å²) in [6.07, 6.45) is 6.57. The van der Waals surface area contributed by atoms with E-state index in [0.29, 0.717) is 28.7 Å². The molecular formula is C17H21N3O3. The number of aliphatic hydroxyl groups is 1. The van der Waals surface area contributed by atoms with Crippen LogP contribution in [0, 0.1) is 0 Å². The van der Waals surface area contributed by atoms with Crippen molar-refractivity contribution < 1.29 is 14.6 Å². The van der Waals surface area contributed by atoms with E-state index in [-0.39, 0.29) is 12.5 Å². The molecule has 0 saturated heterocycles. The molecule has 1 aliphatic rings. The van der Waals surface area contributed by atoms with Crippen LogP contribution in [-0.4, -0.2) is 27.9 Å². The summed E-state index contributed by atoms with van der Waals surface area (Å²) in [6, 6.07) is 7.32. The summed E-state index contributed by atoms with van der Waals surface area (Å²) in [7, 11) is 1.54. The fourth-order valence-corrected chi connectivity index (χ4v) is 3.01. The Kier molecular flexibility index (Phi) is 4.62. The number of nitrogens with one attached hydrogen (secondary N) is 1. The third-order valence-corrected chi connectivity index (χ3v) is 4.25. The number of aromatic nitrogens is 2. The summed E-state index contributed by atoms with van der Waals surface area (Å²) < 4.78 is 7.05. The molecule has 3 rings (SSSR count). The zero-order valence-electron chi connectivity index (χ0n) is 13.2. The van der Waals surface area contributed by atoms with Crippen LogP contribution in [0.1, 0.15) is 47.8 Å². The molecule has 0 radical (unpaired) electrons. The van der Waals surface area contributed by atoms with Crippen molar-refractivity contribution in [3.8, 4) is 5.75 Å². The average molecular weight is 315 g/mol. The Bertz CT molecular complexity index is 690. The van der Waals surface area contributed by atoms with Crippen molar-refractivity contribution in [2.45, 2.75) is 38.3 Å². The Labute approximate surface area is 135 Å². The number of hydrogen-bond acceptors (Lipinski definition) is 4. The number of aliphatic hydroxyl groups excluding tert-OH is 1. The number of nitrogens with zero attached hydrogens (tertiary/aromatic N) is 2. The topological polar surface area (TPSA) is 76.4 Å². The number of methoxy groups -OCH3 is 1. The molecule has 1 fully saturated rings. The van der Waals surface area contributed by atoms with Gasteiger partial charge in [0.2, 0.25) is 0 Å². The molecule has 2 aromatic rings. The molecule has 1 aromatic heterocycles. The van der Waals surface area contributed by atoms with E-state index < -0.39 is 0 Å². The molecule has 1 amide bonds. The molecule has 2 N–H and O–H groups in total. The molecule has 1 heterocycles. The van der Waals surface area contributed by atoms with Gasteiger partial charge in [-0.1, -0.05) is 12.8 Å². The van der Waals surface area contributed by atoms with Crippen molar-refractivity contribution in [3.63, 3.8) is 0 Å². The number of hydrogen-bond donors (Lipinski definition) is 2. The Morgan fingerprint density at radius 2 is 2.17 bits per heavy atom. The minimum absolute atomic E-state index is 0.150. The molecule has 6 nitrogen and oxygen atoms in total. The normalized spacial score (nSPS) is 14.9. The zero-order chi connectivity index (χ0) is 16.2. The van der Waals surface area contributed by atoms with Gasteiger partial charge in [0.05, 0.1) is 19.8 Å². The molecule has 1 aromatic carbocycles. The lowest BCUT2D eigenvalue weighted by Gasteiger charge is -2.10. The monoisotopic (exact) mass is 315 g/mol. The van der Waals surface area contributed by atoms with E-state index in [2.05, 4.69) is 10.4 Å². The highest BCUT2D eigenvalue weighted by Crippen LogP contribution is 2.29. The molecular weight excluding hydrogens is 294 g/mol. The Balaban J connectivity index is 1.71. The van der Waals surface area contributed by atoms with Crippen LogP contribution < -0.4 is 10.1 Å². The van der Waals surface area contributed by atoms with Gasteiger partial charge < -0.3 is 15.2 Å². The van der Waals surface area contributed by atoms with Crippen LogP contribution in [0.4, 0.5) is 5.69 Å². The van der Waals surface area contributed by atoms with E-state index in [1.807, 2.05) is 10.9 Å². The first kappa shape index (κ1) is 15.6. The van der Waals surface area contributed by atoms with Crippen molar-refractivity contribution in [1.82, 2.24) is 9.78 Å². The number of benzene rings is 1. The van der Waals surface area contributed by atoms with Gasteiger partial charge in [-0.05, 0) is 37.1 Å². The highest BCUT2D eigenvalue weighted by atomic mass is 16.5. The van der Waals surface area contributed by atoms with Crippen molar-refractivity contribution in [1.29, 1.82) is 0 Å². The molecule has 0 bridgehead atoms. The summed E-state index contributed by atoms with van der Waals surface area (Å²) >= 11 is 0. The molecule has 0 aliphatic heterocycles. The van der Waals surface area contributed by atoms with E-state index in [0.717, 1.165) is 12.8 Å². The standard InChI is InChI=1S/C17H21N3O3/c1-23-16-7-6-13(10-12(16)11-21)18-17(22)15-8-9-20(19-15)14-4-2-3-5-14/h6-10,14,21H,2-5,11H2,1H3,(H,18,22). The fraction of sp³-hybridized carbons (Fsp3) is 0.412. The molecule has 1 saturated carbocycles. The van der Waals surface area contributed by atoms with E-state index in [1.54, 1.807) is 31.4 Å². The second-order valence-electron chi connectivity index (χ2n) is 5.76. The lowest BCUT2D eigenvalue weighted by atomic mass is 10.2. The highest BCUT2D eigenvalue weighted by Gasteiger charge is 2.19. The van der Waals surface area contributed by atoms with Crippen LogP contribution in [0.3, 0.4) is 0 Å². The number of ether oxygens (including phenoxy) is 1. The van der Waals surface area contributed by atoms with Gasteiger partial charge in [-0.2, -0.15) is 5.10 Å². The van der Waals surface area contributed by atoms with Gasteiger partial charge in [-0.25, -0.2) is 0 Å². The Morgan fingerprint density at radius 1 is 1.39 bits per heavy atom. The first-order valence-electron chi connectivity index (χ1n) is 7.85. The second kappa shape index (κ2) is 6.83. The maximum absolute atomic E-state index is 12.3. The summed E-state index contributed by atoms with van der Waals surface area (Å²) in [6.45, 7) is -0.150. The van der Waals surface area contributed by atoms with Gasteiger partial charge >= 0.3 is 0 Å². The van der Waals surface area contributed by atoms with E-state index in [4.69, 9.17) is 4.74 Å². The van der Waals surface area contributed by atoms with Gasteiger partial charge in [-0.15, -0.1) is 0 Å². The number of carbonyl (C=O) groups is 1. The number of amides is 1. The second-order valence-corrected chi connectivity index (χ2v) is 5.76. The lowest BCUT2D eigenvalue weighted by molar-refractivity contribution is 0.102. The van der Waals surface area contributed by atoms with Gasteiger partial charge in [0.1, 0.15) is 5.75 Å². The van der Waals surface area contributed by atoms with Gasteiger partial charge in [0.25, 0.3) is 5.91 Å². The van der Waals surface area contributed by atoms with Gasteiger partial charge in [0, 0.05) is 17.4 Å². The summed E-state index contributed by atoms with van der Waals surface area (Å²) in [5, 5.41) is 16.5. The predicted octanol–water partition coefficient (Wildman–Crippen LogP) is 2.75. The number of rotatable bonds is 5. The molecule has 1 aliphatic carbocycles. The third kappa shape index (κ3) is 3.37. The summed E-state index contributed by atoms with van der Waals surface area (Å²) in [5.41, 5.74) is 1.63. The van der Waals surface area contributed by atoms with E-state index in [9.17, 15) is 9.90 Å². The highest BCUT2D eigenvalue weighted by molar-refractivity contribution is 6.02.